The number of hydrogen-bond donors (Lipinski definition) is 2. The number of hydrogen-bond acceptors (Lipinski definition) is 4. The lowest BCUT2D eigenvalue weighted by Gasteiger charge is -2.05. The number of aromatic nitrogens is 1. The summed E-state index contributed by atoms with van der Waals surface area (Å²) in [5.41, 5.74) is 0.513. The first-order valence-electron chi connectivity index (χ1n) is 4.84. The van der Waals surface area contributed by atoms with Crippen LogP contribution in [0.1, 0.15) is 11.3 Å². The number of benzene rings is 1. The molecule has 0 bridgehead atoms. The van der Waals surface area contributed by atoms with Crippen LogP contribution in [-0.4, -0.2) is 10.3 Å². The predicted molar refractivity (Wildman–Crippen MR) is 55.1 cm³/mol. The first-order valence-corrected chi connectivity index (χ1v) is 4.84. The molecule has 0 atom stereocenters. The molecule has 2 N–H and O–H groups in total. The van der Waals surface area contributed by atoms with E-state index >= 15 is 0 Å². The van der Waals surface area contributed by atoms with E-state index in [2.05, 4.69) is 10.5 Å². The van der Waals surface area contributed by atoms with Gasteiger partial charge in [0.25, 0.3) is 0 Å². The standard InChI is InChI=1S/C11H11FN2O2/c12-10-3-1-2-8(11(10)15)6-13-7-9-4-5-14-16-9/h1-5,13,15H,6-7H2. The van der Waals surface area contributed by atoms with Gasteiger partial charge < -0.3 is 14.9 Å². The fraction of sp³-hybridized carbons (Fsp3) is 0.182. The number of halogens is 1. The highest BCUT2D eigenvalue weighted by molar-refractivity contribution is 5.33. The molecule has 0 saturated heterocycles. The minimum absolute atomic E-state index is 0.312. The Hall–Kier alpha value is -1.88. The highest BCUT2D eigenvalue weighted by Gasteiger charge is 2.05. The van der Waals surface area contributed by atoms with Crippen LogP contribution in [0.4, 0.5) is 4.39 Å². The molecule has 4 nitrogen and oxygen atoms in total. The summed E-state index contributed by atoms with van der Waals surface area (Å²) < 4.78 is 17.8. The molecule has 0 unspecified atom stereocenters. The highest BCUT2D eigenvalue weighted by atomic mass is 19.1. The van der Waals surface area contributed by atoms with Gasteiger partial charge in [0.05, 0.1) is 12.7 Å². The molecule has 0 spiro atoms. The first kappa shape index (κ1) is 10.6. The van der Waals surface area contributed by atoms with E-state index in [9.17, 15) is 9.50 Å². The van der Waals surface area contributed by atoms with Crippen molar-refractivity contribution in [2.75, 3.05) is 0 Å². The molecule has 84 valence electrons. The summed E-state index contributed by atoms with van der Waals surface area (Å²) in [5.74, 6) is -0.234. The lowest BCUT2D eigenvalue weighted by Crippen LogP contribution is -2.12. The number of aromatic hydroxyl groups is 1. The van der Waals surface area contributed by atoms with Crippen LogP contribution in [0, 0.1) is 5.82 Å². The Bertz CT molecular complexity index is 457. The second kappa shape index (κ2) is 4.76. The van der Waals surface area contributed by atoms with Gasteiger partial charge in [-0.1, -0.05) is 17.3 Å². The molecule has 0 radical (unpaired) electrons. The molecule has 0 saturated carbocycles. The third kappa shape index (κ3) is 2.38. The van der Waals surface area contributed by atoms with Crippen LogP contribution in [0.2, 0.25) is 0 Å². The maximum Gasteiger partial charge on any atom is 0.165 e. The number of nitrogens with one attached hydrogen (secondary N) is 1. The molecule has 2 rings (SSSR count). The molecule has 16 heavy (non-hydrogen) atoms. The Kier molecular flexibility index (Phi) is 3.16. The van der Waals surface area contributed by atoms with Crippen molar-refractivity contribution in [3.05, 3.63) is 47.6 Å². The Labute approximate surface area is 91.7 Å². The Morgan fingerprint density at radius 1 is 1.31 bits per heavy atom. The molecule has 0 aliphatic carbocycles. The SMILES string of the molecule is Oc1c(F)cccc1CNCc1ccno1. The van der Waals surface area contributed by atoms with Crippen molar-refractivity contribution in [3.8, 4) is 5.75 Å². The van der Waals surface area contributed by atoms with E-state index < -0.39 is 5.82 Å². The molecule has 0 amide bonds. The van der Waals surface area contributed by atoms with Gasteiger partial charge in [-0.15, -0.1) is 0 Å². The van der Waals surface area contributed by atoms with Gasteiger partial charge in [-0.3, -0.25) is 0 Å². The van der Waals surface area contributed by atoms with Gasteiger partial charge in [0, 0.05) is 18.2 Å². The second-order valence-corrected chi connectivity index (χ2v) is 3.33. The van der Waals surface area contributed by atoms with Crippen LogP contribution in [0.15, 0.2) is 35.0 Å². The first-order chi connectivity index (χ1) is 7.77. The summed E-state index contributed by atoms with van der Waals surface area (Å²) >= 11 is 0. The van der Waals surface area contributed by atoms with E-state index in [1.165, 1.54) is 6.07 Å². The minimum Gasteiger partial charge on any atom is -0.505 e. The second-order valence-electron chi connectivity index (χ2n) is 3.33. The van der Waals surface area contributed by atoms with Gasteiger partial charge in [0.2, 0.25) is 0 Å². The van der Waals surface area contributed by atoms with Crippen molar-refractivity contribution in [1.29, 1.82) is 0 Å². The molecule has 1 heterocycles. The number of rotatable bonds is 4. The molecule has 1 aromatic carbocycles. The molecular weight excluding hydrogens is 211 g/mol. The molecule has 0 aliphatic rings. The monoisotopic (exact) mass is 222 g/mol. The lowest BCUT2D eigenvalue weighted by atomic mass is 10.2. The Balaban J connectivity index is 1.92. The van der Waals surface area contributed by atoms with Gasteiger partial charge in [0.15, 0.2) is 11.6 Å². The van der Waals surface area contributed by atoms with Crippen LogP contribution in [0.5, 0.6) is 5.75 Å². The average molecular weight is 222 g/mol. The summed E-state index contributed by atoms with van der Waals surface area (Å²) in [5, 5.41) is 16.0. The summed E-state index contributed by atoms with van der Waals surface area (Å²) in [4.78, 5) is 0. The van der Waals surface area contributed by atoms with Crippen LogP contribution < -0.4 is 5.32 Å². The maximum atomic E-state index is 13.0. The van der Waals surface area contributed by atoms with Crippen molar-refractivity contribution in [2.45, 2.75) is 13.1 Å². The zero-order valence-electron chi connectivity index (χ0n) is 8.48. The fourth-order valence-electron chi connectivity index (χ4n) is 1.36. The number of nitrogens with zero attached hydrogens (tertiary/aromatic N) is 1. The smallest absolute Gasteiger partial charge is 0.165 e. The third-order valence-electron chi connectivity index (χ3n) is 2.18. The average Bonchev–Trinajstić information content (AvgIpc) is 2.77. The van der Waals surface area contributed by atoms with Gasteiger partial charge in [0.1, 0.15) is 5.76 Å². The van der Waals surface area contributed by atoms with Crippen LogP contribution in [0.3, 0.4) is 0 Å². The fourth-order valence-corrected chi connectivity index (χ4v) is 1.36. The number of phenols is 1. The largest absolute Gasteiger partial charge is 0.505 e. The molecule has 0 aliphatic heterocycles. The van der Waals surface area contributed by atoms with Crippen molar-refractivity contribution in [2.24, 2.45) is 0 Å². The van der Waals surface area contributed by atoms with Gasteiger partial charge in [-0.05, 0) is 6.07 Å². The zero-order valence-corrected chi connectivity index (χ0v) is 8.48. The topological polar surface area (TPSA) is 58.3 Å². The molecule has 0 fully saturated rings. The van der Waals surface area contributed by atoms with E-state index in [0.717, 1.165) is 0 Å². The molecule has 1 aromatic heterocycles. The number of para-hydroxylation sites is 1. The van der Waals surface area contributed by atoms with Crippen molar-refractivity contribution >= 4 is 0 Å². The Morgan fingerprint density at radius 3 is 2.94 bits per heavy atom. The van der Waals surface area contributed by atoms with E-state index in [1.54, 1.807) is 24.4 Å². The van der Waals surface area contributed by atoms with E-state index in [4.69, 9.17) is 4.52 Å². The third-order valence-corrected chi connectivity index (χ3v) is 2.18. The van der Waals surface area contributed by atoms with Crippen molar-refractivity contribution in [1.82, 2.24) is 10.5 Å². The van der Waals surface area contributed by atoms with Crippen molar-refractivity contribution in [3.63, 3.8) is 0 Å². The predicted octanol–water partition coefficient (Wildman–Crippen LogP) is 1.81. The van der Waals surface area contributed by atoms with E-state index in [-0.39, 0.29) is 5.75 Å². The highest BCUT2D eigenvalue weighted by Crippen LogP contribution is 2.20. The minimum atomic E-state index is -0.612. The van der Waals surface area contributed by atoms with E-state index in [1.807, 2.05) is 0 Å². The zero-order chi connectivity index (χ0) is 11.4. The van der Waals surface area contributed by atoms with Crippen LogP contribution in [-0.2, 0) is 13.1 Å². The van der Waals surface area contributed by atoms with E-state index in [0.29, 0.717) is 24.4 Å². The van der Waals surface area contributed by atoms with Gasteiger partial charge in [-0.25, -0.2) is 4.39 Å². The quantitative estimate of drug-likeness (QED) is 0.828. The van der Waals surface area contributed by atoms with Crippen LogP contribution >= 0.6 is 0 Å². The summed E-state index contributed by atoms with van der Waals surface area (Å²) in [6.07, 6.45) is 1.55. The molecule has 5 heteroatoms. The van der Waals surface area contributed by atoms with Gasteiger partial charge >= 0.3 is 0 Å². The van der Waals surface area contributed by atoms with Crippen LogP contribution in [0.25, 0.3) is 0 Å². The molecule has 2 aromatic rings. The number of phenolic OH excluding ortho intramolecular Hbond substituents is 1. The summed E-state index contributed by atoms with van der Waals surface area (Å²) in [6, 6.07) is 6.17. The molecular formula is C11H11FN2O2. The van der Waals surface area contributed by atoms with Crippen molar-refractivity contribution < 1.29 is 14.0 Å². The normalized spacial score (nSPS) is 10.6. The maximum absolute atomic E-state index is 13.0. The Morgan fingerprint density at radius 2 is 2.19 bits per heavy atom. The summed E-state index contributed by atoms with van der Waals surface area (Å²) in [7, 11) is 0. The summed E-state index contributed by atoms with van der Waals surface area (Å²) in [6.45, 7) is 0.847. The van der Waals surface area contributed by atoms with Gasteiger partial charge in [-0.2, -0.15) is 0 Å². The lowest BCUT2D eigenvalue weighted by molar-refractivity contribution is 0.371.